The van der Waals surface area contributed by atoms with Gasteiger partial charge in [0.2, 0.25) is 0 Å². The smallest absolute Gasteiger partial charge is 0.123 e. The van der Waals surface area contributed by atoms with Crippen molar-refractivity contribution in [1.29, 1.82) is 0 Å². The maximum absolute atomic E-state index is 6.60. The van der Waals surface area contributed by atoms with Crippen molar-refractivity contribution in [2.45, 2.75) is 69.4 Å². The van der Waals surface area contributed by atoms with Crippen LogP contribution in [0.1, 0.15) is 56.9 Å². The van der Waals surface area contributed by atoms with Gasteiger partial charge >= 0.3 is 0 Å². The minimum atomic E-state index is 0.0926. The number of hydrogen-bond acceptors (Lipinski definition) is 4. The molecule has 4 heteroatoms. The van der Waals surface area contributed by atoms with Crippen molar-refractivity contribution in [1.82, 2.24) is 4.90 Å². The molecule has 1 spiro atoms. The topological polar surface area (TPSA) is 21.7 Å². The van der Waals surface area contributed by atoms with E-state index < -0.39 is 0 Å². The van der Waals surface area contributed by atoms with Gasteiger partial charge in [0.25, 0.3) is 0 Å². The quantitative estimate of drug-likeness (QED) is 0.731. The van der Waals surface area contributed by atoms with Gasteiger partial charge < -0.3 is 14.4 Å². The second-order valence-corrected chi connectivity index (χ2v) is 10.3. The van der Waals surface area contributed by atoms with Crippen molar-refractivity contribution in [3.05, 3.63) is 23.8 Å². The average Bonchev–Trinajstić information content (AvgIpc) is 2.68. The summed E-state index contributed by atoms with van der Waals surface area (Å²) in [6.45, 7) is 3.32. The minimum absolute atomic E-state index is 0.0926. The molecule has 3 aliphatic heterocycles. The highest BCUT2D eigenvalue weighted by molar-refractivity contribution is 7.99. The van der Waals surface area contributed by atoms with E-state index in [9.17, 15) is 0 Å². The number of aryl methyl sites for hydroxylation is 1. The number of ether oxygens (including phenoxy) is 2. The second kappa shape index (κ2) is 7.87. The number of rotatable bonds is 4. The molecule has 0 unspecified atom stereocenters. The summed E-state index contributed by atoms with van der Waals surface area (Å²) in [6.07, 6.45) is 11.6. The van der Waals surface area contributed by atoms with E-state index >= 15 is 0 Å². The molecule has 5 rings (SSSR count). The number of thioether (sulfide) groups is 1. The Kier molecular flexibility index (Phi) is 5.30. The lowest BCUT2D eigenvalue weighted by Gasteiger charge is -2.48. The largest absolute Gasteiger partial charge is 0.493 e. The van der Waals surface area contributed by atoms with Gasteiger partial charge in [-0.1, -0.05) is 6.42 Å². The Hall–Kier alpha value is -0.870. The number of hydrogen-bond donors (Lipinski definition) is 0. The number of piperidine rings is 1. The van der Waals surface area contributed by atoms with Gasteiger partial charge in [0, 0.05) is 19.1 Å². The van der Waals surface area contributed by atoms with Crippen molar-refractivity contribution in [2.24, 2.45) is 5.92 Å². The molecular formula is C23H33NO2S. The van der Waals surface area contributed by atoms with Crippen LogP contribution in [0.15, 0.2) is 18.2 Å². The van der Waals surface area contributed by atoms with Crippen molar-refractivity contribution < 1.29 is 9.47 Å². The first kappa shape index (κ1) is 18.2. The molecule has 0 N–H and O–H groups in total. The third-order valence-electron chi connectivity index (χ3n) is 7.34. The summed E-state index contributed by atoms with van der Waals surface area (Å²) in [5.74, 6) is 5.48. The average molecular weight is 388 g/mol. The summed E-state index contributed by atoms with van der Waals surface area (Å²) in [5, 5.41) is 0. The molecule has 27 heavy (non-hydrogen) atoms. The van der Waals surface area contributed by atoms with Gasteiger partial charge in [-0.05, 0) is 92.6 Å². The summed E-state index contributed by atoms with van der Waals surface area (Å²) >= 11 is 2.08. The van der Waals surface area contributed by atoms with E-state index in [0.717, 1.165) is 36.5 Å². The second-order valence-electron chi connectivity index (χ2n) is 9.04. The van der Waals surface area contributed by atoms with Crippen LogP contribution in [0.2, 0.25) is 0 Å². The molecule has 0 bridgehead atoms. The Balaban J connectivity index is 1.18. The zero-order valence-electron chi connectivity index (χ0n) is 16.5. The summed E-state index contributed by atoms with van der Waals surface area (Å²) < 4.78 is 12.7. The van der Waals surface area contributed by atoms with E-state index in [1.54, 1.807) is 0 Å². The minimum Gasteiger partial charge on any atom is -0.493 e. The van der Waals surface area contributed by atoms with Crippen molar-refractivity contribution in [2.75, 3.05) is 31.2 Å². The summed E-state index contributed by atoms with van der Waals surface area (Å²) in [4.78, 5) is 2.72. The summed E-state index contributed by atoms with van der Waals surface area (Å²) in [6, 6.07) is 7.41. The first-order chi connectivity index (χ1) is 13.3. The molecule has 148 valence electrons. The van der Waals surface area contributed by atoms with E-state index in [0.29, 0.717) is 0 Å². The number of fused-ring (bicyclic) bond motifs is 1. The van der Waals surface area contributed by atoms with Gasteiger partial charge in [-0.15, -0.1) is 0 Å². The highest BCUT2D eigenvalue weighted by Crippen LogP contribution is 2.42. The molecule has 4 aliphatic rings. The van der Waals surface area contributed by atoms with Crippen LogP contribution < -0.4 is 9.47 Å². The maximum atomic E-state index is 6.60. The van der Waals surface area contributed by atoms with Gasteiger partial charge in [0.1, 0.15) is 17.1 Å². The molecule has 0 aromatic heterocycles. The number of likely N-dealkylation sites (tertiary alicyclic amines) is 1. The maximum Gasteiger partial charge on any atom is 0.123 e. The standard InChI is InChI=1S/C23H33NO2S/c1-2-20(3-1)24-12-10-23(11-13-24)9-6-19-16-21(4-5-22(19)26-23)25-17-18-7-14-27-15-8-18/h4-5,16,18,20H,1-3,6-15,17H2. The molecule has 0 atom stereocenters. The van der Waals surface area contributed by atoms with Crippen LogP contribution in [0.4, 0.5) is 0 Å². The fraction of sp³-hybridized carbons (Fsp3) is 0.739. The Bertz CT molecular complexity index is 646. The lowest BCUT2D eigenvalue weighted by atomic mass is 9.81. The molecule has 1 saturated carbocycles. The van der Waals surface area contributed by atoms with Gasteiger partial charge in [0.05, 0.1) is 6.61 Å². The van der Waals surface area contributed by atoms with Crippen LogP contribution in [-0.4, -0.2) is 47.7 Å². The van der Waals surface area contributed by atoms with E-state index in [2.05, 4.69) is 34.9 Å². The van der Waals surface area contributed by atoms with Gasteiger partial charge in [0.15, 0.2) is 0 Å². The zero-order chi connectivity index (χ0) is 18.1. The van der Waals surface area contributed by atoms with Gasteiger partial charge in [-0.25, -0.2) is 0 Å². The number of benzene rings is 1. The lowest BCUT2D eigenvalue weighted by molar-refractivity contribution is -0.0337. The van der Waals surface area contributed by atoms with Crippen LogP contribution in [0, 0.1) is 5.92 Å². The Labute approximate surface area is 168 Å². The van der Waals surface area contributed by atoms with Gasteiger partial charge in [-0.3, -0.25) is 0 Å². The molecule has 3 heterocycles. The molecule has 0 radical (unpaired) electrons. The molecule has 3 fully saturated rings. The van der Waals surface area contributed by atoms with Crippen LogP contribution in [0.3, 0.4) is 0 Å². The van der Waals surface area contributed by atoms with Crippen molar-refractivity contribution >= 4 is 11.8 Å². The molecule has 2 saturated heterocycles. The van der Waals surface area contributed by atoms with Crippen molar-refractivity contribution in [3.8, 4) is 11.5 Å². The van der Waals surface area contributed by atoms with Crippen LogP contribution in [-0.2, 0) is 6.42 Å². The molecular weight excluding hydrogens is 354 g/mol. The monoisotopic (exact) mass is 387 g/mol. The lowest BCUT2D eigenvalue weighted by Crippen LogP contribution is -2.53. The van der Waals surface area contributed by atoms with Crippen LogP contribution >= 0.6 is 11.8 Å². The van der Waals surface area contributed by atoms with Crippen LogP contribution in [0.5, 0.6) is 11.5 Å². The van der Waals surface area contributed by atoms with E-state index in [1.807, 2.05) is 0 Å². The normalized spacial score (nSPS) is 26.2. The molecule has 0 amide bonds. The molecule has 1 aliphatic carbocycles. The Morgan fingerprint density at radius 3 is 2.63 bits per heavy atom. The number of nitrogens with zero attached hydrogens (tertiary/aromatic N) is 1. The third-order valence-corrected chi connectivity index (χ3v) is 8.38. The fourth-order valence-electron chi connectivity index (χ4n) is 5.12. The summed E-state index contributed by atoms with van der Waals surface area (Å²) in [7, 11) is 0. The Morgan fingerprint density at radius 1 is 1.07 bits per heavy atom. The highest BCUT2D eigenvalue weighted by Gasteiger charge is 2.41. The Morgan fingerprint density at radius 2 is 1.89 bits per heavy atom. The third kappa shape index (κ3) is 3.98. The molecule has 1 aromatic carbocycles. The SMILES string of the molecule is c1cc2c(cc1OCC1CCSCC1)CCC1(CCN(C3CCC3)CC1)O2. The van der Waals surface area contributed by atoms with Gasteiger partial charge in [-0.2, -0.15) is 11.8 Å². The highest BCUT2D eigenvalue weighted by atomic mass is 32.2. The molecule has 1 aromatic rings. The zero-order valence-corrected chi connectivity index (χ0v) is 17.3. The van der Waals surface area contributed by atoms with E-state index in [-0.39, 0.29) is 5.60 Å². The first-order valence-electron chi connectivity index (χ1n) is 11.1. The fourth-order valence-corrected chi connectivity index (χ4v) is 6.32. The van der Waals surface area contributed by atoms with Crippen molar-refractivity contribution in [3.63, 3.8) is 0 Å². The van der Waals surface area contributed by atoms with E-state index in [4.69, 9.17) is 9.47 Å². The predicted molar refractivity (Wildman–Crippen MR) is 112 cm³/mol. The first-order valence-corrected chi connectivity index (χ1v) is 12.2. The van der Waals surface area contributed by atoms with E-state index in [1.165, 1.54) is 81.5 Å². The predicted octanol–water partition coefficient (Wildman–Crippen LogP) is 4.92. The molecule has 3 nitrogen and oxygen atoms in total. The van der Waals surface area contributed by atoms with Crippen LogP contribution in [0.25, 0.3) is 0 Å². The summed E-state index contributed by atoms with van der Waals surface area (Å²) in [5.41, 5.74) is 1.44.